The molecule has 4 rings (SSSR count). The summed E-state index contributed by atoms with van der Waals surface area (Å²) in [6.45, 7) is 3.41. The van der Waals surface area contributed by atoms with Crippen LogP contribution in [0.25, 0.3) is 33.2 Å². The Morgan fingerprint density at radius 1 is 0.926 bits per heavy atom. The van der Waals surface area contributed by atoms with Crippen LogP contribution in [0.3, 0.4) is 0 Å². The van der Waals surface area contributed by atoms with Gasteiger partial charge in [0.05, 0.1) is 10.9 Å². The first-order valence-corrected chi connectivity index (χ1v) is 8.70. The number of hydrogen-bond donors (Lipinski definition) is 1. The molecule has 0 atom stereocenters. The third-order valence-corrected chi connectivity index (χ3v) is 4.48. The summed E-state index contributed by atoms with van der Waals surface area (Å²) in [5, 5.41) is 0.700. The third kappa shape index (κ3) is 3.17. The summed E-state index contributed by atoms with van der Waals surface area (Å²) in [7, 11) is 0. The van der Waals surface area contributed by atoms with E-state index in [9.17, 15) is 4.79 Å². The van der Waals surface area contributed by atoms with Gasteiger partial charge in [0.15, 0.2) is 5.88 Å². The zero-order valence-corrected chi connectivity index (χ0v) is 15.2. The fourth-order valence-corrected chi connectivity index (χ4v) is 3.25. The van der Waals surface area contributed by atoms with Gasteiger partial charge in [0.1, 0.15) is 11.3 Å². The Morgan fingerprint density at radius 3 is 2.30 bits per heavy atom. The second-order valence-electron chi connectivity index (χ2n) is 6.51. The number of rotatable bonds is 3. The molecule has 0 amide bonds. The van der Waals surface area contributed by atoms with Crippen LogP contribution in [-0.2, 0) is 4.79 Å². The molecule has 4 aromatic rings. The van der Waals surface area contributed by atoms with Gasteiger partial charge < -0.3 is 14.9 Å². The number of nitrogens with two attached hydrogens (primary N) is 1. The molecule has 0 aliphatic heterocycles. The van der Waals surface area contributed by atoms with Crippen LogP contribution in [0.4, 0.5) is 5.88 Å². The van der Waals surface area contributed by atoms with Crippen molar-refractivity contribution < 1.29 is 13.9 Å². The molecule has 27 heavy (non-hydrogen) atoms. The van der Waals surface area contributed by atoms with Crippen LogP contribution in [0.2, 0.25) is 0 Å². The van der Waals surface area contributed by atoms with E-state index >= 15 is 0 Å². The van der Waals surface area contributed by atoms with E-state index in [0.29, 0.717) is 22.6 Å². The Bertz CT molecular complexity index is 1130. The van der Waals surface area contributed by atoms with Gasteiger partial charge in [-0.15, -0.1) is 0 Å². The molecule has 0 radical (unpaired) electrons. The first-order chi connectivity index (χ1) is 13.0. The van der Waals surface area contributed by atoms with E-state index in [4.69, 9.17) is 14.9 Å². The van der Waals surface area contributed by atoms with Crippen molar-refractivity contribution in [3.05, 3.63) is 72.3 Å². The SMILES string of the molecule is CC(=O)Oc1cc(-c2ccccc2)cc2oc(N)c(-c3ccc(C)cc3)c12. The summed E-state index contributed by atoms with van der Waals surface area (Å²) in [6.07, 6.45) is 0. The van der Waals surface area contributed by atoms with E-state index in [1.54, 1.807) is 0 Å². The molecule has 0 fully saturated rings. The second kappa shape index (κ2) is 6.65. The number of furan rings is 1. The summed E-state index contributed by atoms with van der Waals surface area (Å²) in [5.41, 5.74) is 11.5. The van der Waals surface area contributed by atoms with E-state index in [-0.39, 0.29) is 0 Å². The molecule has 0 spiro atoms. The van der Waals surface area contributed by atoms with Crippen molar-refractivity contribution in [2.24, 2.45) is 0 Å². The fraction of sp³-hybridized carbons (Fsp3) is 0.0870. The number of aryl methyl sites for hydroxylation is 1. The molecule has 0 bridgehead atoms. The maximum atomic E-state index is 11.7. The molecule has 0 saturated carbocycles. The van der Waals surface area contributed by atoms with Gasteiger partial charge in [-0.05, 0) is 35.7 Å². The predicted molar refractivity (Wildman–Crippen MR) is 108 cm³/mol. The quantitative estimate of drug-likeness (QED) is 0.384. The van der Waals surface area contributed by atoms with E-state index in [1.807, 2.05) is 73.7 Å². The van der Waals surface area contributed by atoms with Crippen LogP contribution in [0, 0.1) is 6.92 Å². The molecule has 3 aromatic carbocycles. The van der Waals surface area contributed by atoms with Crippen LogP contribution >= 0.6 is 0 Å². The highest BCUT2D eigenvalue weighted by atomic mass is 16.5. The fourth-order valence-electron chi connectivity index (χ4n) is 3.25. The van der Waals surface area contributed by atoms with Crippen molar-refractivity contribution in [3.8, 4) is 28.0 Å². The van der Waals surface area contributed by atoms with Crippen molar-refractivity contribution in [2.45, 2.75) is 13.8 Å². The number of benzene rings is 3. The van der Waals surface area contributed by atoms with Gasteiger partial charge in [0.2, 0.25) is 0 Å². The standard InChI is InChI=1S/C23H19NO3/c1-14-8-10-17(11-9-14)21-22-19(26-15(2)25)12-18(13-20(22)27-23(21)24)16-6-4-3-5-7-16/h3-13H,24H2,1-2H3. The summed E-state index contributed by atoms with van der Waals surface area (Å²) < 4.78 is 11.4. The number of anilines is 1. The number of nitrogen functional groups attached to an aromatic ring is 1. The monoisotopic (exact) mass is 357 g/mol. The van der Waals surface area contributed by atoms with E-state index in [0.717, 1.165) is 27.8 Å². The Labute approximate surface area is 157 Å². The molecule has 1 heterocycles. The highest BCUT2D eigenvalue weighted by molar-refractivity contribution is 6.05. The van der Waals surface area contributed by atoms with Gasteiger partial charge >= 0.3 is 5.97 Å². The number of carbonyl (C=O) groups is 1. The van der Waals surface area contributed by atoms with Gasteiger partial charge in [-0.1, -0.05) is 60.2 Å². The van der Waals surface area contributed by atoms with Crippen LogP contribution in [0.1, 0.15) is 12.5 Å². The summed E-state index contributed by atoms with van der Waals surface area (Å²) >= 11 is 0. The van der Waals surface area contributed by atoms with Crippen molar-refractivity contribution >= 4 is 22.8 Å². The lowest BCUT2D eigenvalue weighted by atomic mass is 9.99. The minimum atomic E-state index is -0.392. The lowest BCUT2D eigenvalue weighted by Crippen LogP contribution is -2.02. The molecule has 1 aromatic heterocycles. The highest BCUT2D eigenvalue weighted by Crippen LogP contribution is 2.44. The smallest absolute Gasteiger partial charge is 0.308 e. The molecule has 0 saturated heterocycles. The lowest BCUT2D eigenvalue weighted by molar-refractivity contribution is -0.131. The Hall–Kier alpha value is -3.53. The van der Waals surface area contributed by atoms with E-state index < -0.39 is 5.97 Å². The highest BCUT2D eigenvalue weighted by Gasteiger charge is 2.20. The first-order valence-electron chi connectivity index (χ1n) is 8.70. The third-order valence-electron chi connectivity index (χ3n) is 4.48. The normalized spacial score (nSPS) is 10.9. The average Bonchev–Trinajstić information content (AvgIpc) is 2.99. The predicted octanol–water partition coefficient (Wildman–Crippen LogP) is 5.58. The molecule has 134 valence electrons. The zero-order valence-electron chi connectivity index (χ0n) is 15.2. The minimum Gasteiger partial charge on any atom is -0.440 e. The van der Waals surface area contributed by atoms with Crippen LogP contribution in [0.5, 0.6) is 5.75 Å². The van der Waals surface area contributed by atoms with Gasteiger partial charge in [-0.25, -0.2) is 0 Å². The lowest BCUT2D eigenvalue weighted by Gasteiger charge is -2.09. The topological polar surface area (TPSA) is 65.5 Å². The average molecular weight is 357 g/mol. The largest absolute Gasteiger partial charge is 0.440 e. The number of hydrogen-bond acceptors (Lipinski definition) is 4. The van der Waals surface area contributed by atoms with Gasteiger partial charge in [0.25, 0.3) is 0 Å². The van der Waals surface area contributed by atoms with Crippen molar-refractivity contribution in [1.29, 1.82) is 0 Å². The number of carbonyl (C=O) groups excluding carboxylic acids is 1. The molecule has 4 nitrogen and oxygen atoms in total. The van der Waals surface area contributed by atoms with Crippen LogP contribution < -0.4 is 10.5 Å². The number of fused-ring (bicyclic) bond motifs is 1. The molecule has 0 aliphatic rings. The maximum absolute atomic E-state index is 11.7. The Balaban J connectivity index is 1.99. The zero-order chi connectivity index (χ0) is 19.0. The van der Waals surface area contributed by atoms with Crippen LogP contribution in [-0.4, -0.2) is 5.97 Å². The Kier molecular flexibility index (Phi) is 4.16. The molecule has 2 N–H and O–H groups in total. The van der Waals surface area contributed by atoms with Gasteiger partial charge in [-0.2, -0.15) is 0 Å². The van der Waals surface area contributed by atoms with Crippen LogP contribution in [0.15, 0.2) is 71.1 Å². The minimum absolute atomic E-state index is 0.299. The van der Waals surface area contributed by atoms with E-state index in [1.165, 1.54) is 6.92 Å². The summed E-state index contributed by atoms with van der Waals surface area (Å²) in [4.78, 5) is 11.7. The molecular weight excluding hydrogens is 338 g/mol. The summed E-state index contributed by atoms with van der Waals surface area (Å²) in [6, 6.07) is 21.6. The molecular formula is C23H19NO3. The van der Waals surface area contributed by atoms with E-state index in [2.05, 4.69) is 0 Å². The molecule has 0 unspecified atom stereocenters. The van der Waals surface area contributed by atoms with Crippen molar-refractivity contribution in [1.82, 2.24) is 0 Å². The molecule has 4 heteroatoms. The van der Waals surface area contributed by atoms with Gasteiger partial charge in [0, 0.05) is 6.92 Å². The second-order valence-corrected chi connectivity index (χ2v) is 6.51. The summed E-state index contributed by atoms with van der Waals surface area (Å²) in [5.74, 6) is 0.346. The maximum Gasteiger partial charge on any atom is 0.308 e. The first kappa shape index (κ1) is 16.9. The number of ether oxygens (including phenoxy) is 1. The van der Waals surface area contributed by atoms with Crippen molar-refractivity contribution in [3.63, 3.8) is 0 Å². The van der Waals surface area contributed by atoms with Gasteiger partial charge in [-0.3, -0.25) is 4.79 Å². The molecule has 0 aliphatic carbocycles. The number of esters is 1. The van der Waals surface area contributed by atoms with Crippen molar-refractivity contribution in [2.75, 3.05) is 5.73 Å². The Morgan fingerprint density at radius 2 is 1.63 bits per heavy atom.